The molecule has 6 heteroatoms. The van der Waals surface area contributed by atoms with Gasteiger partial charge in [-0.25, -0.2) is 0 Å². The van der Waals surface area contributed by atoms with Crippen LogP contribution in [0.3, 0.4) is 0 Å². The Labute approximate surface area is 111 Å². The van der Waals surface area contributed by atoms with E-state index in [0.29, 0.717) is 11.7 Å². The summed E-state index contributed by atoms with van der Waals surface area (Å²) in [6.07, 6.45) is 1.95. The van der Waals surface area contributed by atoms with Crippen LogP contribution in [0.25, 0.3) is 0 Å². The summed E-state index contributed by atoms with van der Waals surface area (Å²) in [7, 11) is 2.09. The largest absolute Gasteiger partial charge is 0.382 e. The molecule has 1 fully saturated rings. The summed E-state index contributed by atoms with van der Waals surface area (Å²) < 4.78 is 13.2. The van der Waals surface area contributed by atoms with E-state index in [2.05, 4.69) is 24.2 Å². The maximum Gasteiger partial charge on any atom is 0.306 e. The van der Waals surface area contributed by atoms with E-state index < -0.39 is 16.4 Å². The van der Waals surface area contributed by atoms with Crippen LogP contribution in [0.4, 0.5) is 15.8 Å². The second-order valence-electron chi connectivity index (χ2n) is 5.12. The number of piperidine rings is 1. The Morgan fingerprint density at radius 2 is 2.26 bits per heavy atom. The molecule has 5 nitrogen and oxygen atoms in total. The summed E-state index contributed by atoms with van der Waals surface area (Å²) >= 11 is 0. The molecule has 1 aromatic carbocycles. The zero-order chi connectivity index (χ0) is 14.0. The zero-order valence-electron chi connectivity index (χ0n) is 11.1. The SMILES string of the molecule is CC1CC(Nc2ccc(F)c([N+](=O)[O-])c2)CCN1C. The van der Waals surface area contributed by atoms with Crippen LogP contribution >= 0.6 is 0 Å². The minimum Gasteiger partial charge on any atom is -0.382 e. The third-order valence-electron chi connectivity index (χ3n) is 3.72. The molecule has 1 aromatic rings. The van der Waals surface area contributed by atoms with E-state index in [1.54, 1.807) is 6.07 Å². The van der Waals surface area contributed by atoms with E-state index >= 15 is 0 Å². The standard InChI is InChI=1S/C13H18FN3O2/c1-9-7-11(5-6-16(9)2)15-10-3-4-12(14)13(8-10)17(18)19/h3-4,8-9,11,15H,5-7H2,1-2H3. The van der Waals surface area contributed by atoms with Crippen molar-refractivity contribution in [1.29, 1.82) is 0 Å². The summed E-state index contributed by atoms with van der Waals surface area (Å²) in [6.45, 7) is 3.14. The Morgan fingerprint density at radius 1 is 1.53 bits per heavy atom. The molecule has 0 aliphatic carbocycles. The van der Waals surface area contributed by atoms with Crippen LogP contribution < -0.4 is 5.32 Å². The van der Waals surface area contributed by atoms with Gasteiger partial charge in [-0.3, -0.25) is 10.1 Å². The minimum atomic E-state index is -0.799. The number of nitrogens with one attached hydrogen (secondary N) is 1. The number of nitro groups is 1. The van der Waals surface area contributed by atoms with Crippen LogP contribution in [0, 0.1) is 15.9 Å². The van der Waals surface area contributed by atoms with Crippen molar-refractivity contribution in [2.75, 3.05) is 18.9 Å². The van der Waals surface area contributed by atoms with Gasteiger partial charge in [-0.2, -0.15) is 4.39 Å². The van der Waals surface area contributed by atoms with E-state index in [1.807, 2.05) is 0 Å². The van der Waals surface area contributed by atoms with Gasteiger partial charge in [0, 0.05) is 30.4 Å². The van der Waals surface area contributed by atoms with Crippen LogP contribution in [0.1, 0.15) is 19.8 Å². The van der Waals surface area contributed by atoms with Gasteiger partial charge in [0.05, 0.1) is 4.92 Å². The first-order valence-electron chi connectivity index (χ1n) is 6.38. The molecular formula is C13H18FN3O2. The normalized spacial score (nSPS) is 24.2. The highest BCUT2D eigenvalue weighted by molar-refractivity contribution is 5.52. The Balaban J connectivity index is 2.07. The average molecular weight is 267 g/mol. The third-order valence-corrected chi connectivity index (χ3v) is 3.72. The van der Waals surface area contributed by atoms with Crippen molar-refractivity contribution in [3.05, 3.63) is 34.1 Å². The van der Waals surface area contributed by atoms with Gasteiger partial charge in [0.15, 0.2) is 0 Å². The van der Waals surface area contributed by atoms with Crippen LogP contribution in [0.2, 0.25) is 0 Å². The molecule has 0 radical (unpaired) electrons. The van der Waals surface area contributed by atoms with Gasteiger partial charge >= 0.3 is 5.69 Å². The van der Waals surface area contributed by atoms with Gasteiger partial charge in [0.1, 0.15) is 0 Å². The fourth-order valence-electron chi connectivity index (χ4n) is 2.40. The number of hydrogen-bond donors (Lipinski definition) is 1. The lowest BCUT2D eigenvalue weighted by Gasteiger charge is -2.35. The second kappa shape index (κ2) is 5.52. The van der Waals surface area contributed by atoms with Crippen LogP contribution in [0.5, 0.6) is 0 Å². The predicted octanol–water partition coefficient (Wildman–Crippen LogP) is 2.63. The molecule has 0 saturated carbocycles. The Hall–Kier alpha value is -1.69. The quantitative estimate of drug-likeness (QED) is 0.675. The third kappa shape index (κ3) is 3.20. The first-order chi connectivity index (χ1) is 8.97. The van der Waals surface area contributed by atoms with E-state index in [-0.39, 0.29) is 6.04 Å². The van der Waals surface area contributed by atoms with Crippen molar-refractivity contribution in [1.82, 2.24) is 4.90 Å². The van der Waals surface area contributed by atoms with Crippen LogP contribution in [0.15, 0.2) is 18.2 Å². The van der Waals surface area contributed by atoms with Crippen molar-refractivity contribution in [2.24, 2.45) is 0 Å². The summed E-state index contributed by atoms with van der Waals surface area (Å²) in [5, 5.41) is 13.9. The molecule has 0 aromatic heterocycles. The number of anilines is 1. The molecule has 0 amide bonds. The molecule has 1 N–H and O–H groups in total. The van der Waals surface area contributed by atoms with Crippen molar-refractivity contribution in [3.8, 4) is 0 Å². The summed E-state index contributed by atoms with van der Waals surface area (Å²) in [4.78, 5) is 12.3. The van der Waals surface area contributed by atoms with E-state index in [0.717, 1.165) is 25.5 Å². The first-order valence-corrected chi connectivity index (χ1v) is 6.38. The van der Waals surface area contributed by atoms with Gasteiger partial charge in [0.2, 0.25) is 5.82 Å². The molecule has 2 unspecified atom stereocenters. The number of hydrogen-bond acceptors (Lipinski definition) is 4. The maximum absolute atomic E-state index is 13.2. The number of rotatable bonds is 3. The van der Waals surface area contributed by atoms with Gasteiger partial charge in [-0.05, 0) is 38.9 Å². The van der Waals surface area contributed by atoms with Gasteiger partial charge in [-0.15, -0.1) is 0 Å². The number of likely N-dealkylation sites (tertiary alicyclic amines) is 1. The maximum atomic E-state index is 13.2. The van der Waals surface area contributed by atoms with Crippen molar-refractivity contribution < 1.29 is 9.31 Å². The second-order valence-corrected chi connectivity index (χ2v) is 5.12. The molecule has 1 heterocycles. The lowest BCUT2D eigenvalue weighted by Crippen LogP contribution is -2.42. The molecule has 0 spiro atoms. The number of nitrogens with zero attached hydrogens (tertiary/aromatic N) is 2. The van der Waals surface area contributed by atoms with E-state index in [4.69, 9.17) is 0 Å². The highest BCUT2D eigenvalue weighted by Crippen LogP contribution is 2.24. The molecule has 1 aliphatic rings. The molecule has 1 saturated heterocycles. The molecule has 2 rings (SSSR count). The molecular weight excluding hydrogens is 249 g/mol. The lowest BCUT2D eigenvalue weighted by molar-refractivity contribution is -0.387. The van der Waals surface area contributed by atoms with Crippen LogP contribution in [-0.2, 0) is 0 Å². The summed E-state index contributed by atoms with van der Waals surface area (Å²) in [6, 6.07) is 4.70. The van der Waals surface area contributed by atoms with Crippen molar-refractivity contribution in [3.63, 3.8) is 0 Å². The Morgan fingerprint density at radius 3 is 2.89 bits per heavy atom. The molecule has 2 atom stereocenters. The monoisotopic (exact) mass is 267 g/mol. The number of halogens is 1. The number of nitro benzene ring substituents is 1. The van der Waals surface area contributed by atoms with E-state index in [9.17, 15) is 14.5 Å². The Bertz CT molecular complexity index is 481. The minimum absolute atomic E-state index is 0.274. The van der Waals surface area contributed by atoms with Gasteiger partial charge in [0.25, 0.3) is 0 Å². The smallest absolute Gasteiger partial charge is 0.306 e. The van der Waals surface area contributed by atoms with Gasteiger partial charge in [-0.1, -0.05) is 0 Å². The molecule has 104 valence electrons. The first kappa shape index (κ1) is 13.7. The van der Waals surface area contributed by atoms with E-state index in [1.165, 1.54) is 6.07 Å². The molecule has 0 bridgehead atoms. The molecule has 1 aliphatic heterocycles. The summed E-state index contributed by atoms with van der Waals surface area (Å²) in [5.41, 5.74) is 0.126. The average Bonchev–Trinajstić information content (AvgIpc) is 2.36. The zero-order valence-corrected chi connectivity index (χ0v) is 11.1. The fraction of sp³-hybridized carbons (Fsp3) is 0.538. The number of benzene rings is 1. The van der Waals surface area contributed by atoms with Crippen LogP contribution in [-0.4, -0.2) is 35.5 Å². The lowest BCUT2D eigenvalue weighted by atomic mass is 9.98. The fourth-order valence-corrected chi connectivity index (χ4v) is 2.40. The Kier molecular flexibility index (Phi) is 3.99. The van der Waals surface area contributed by atoms with Crippen molar-refractivity contribution in [2.45, 2.75) is 31.8 Å². The van der Waals surface area contributed by atoms with Crippen molar-refractivity contribution >= 4 is 11.4 Å². The highest BCUT2D eigenvalue weighted by atomic mass is 19.1. The van der Waals surface area contributed by atoms with Gasteiger partial charge < -0.3 is 10.2 Å². The summed E-state index contributed by atoms with van der Waals surface area (Å²) in [5.74, 6) is -0.799. The highest BCUT2D eigenvalue weighted by Gasteiger charge is 2.23. The topological polar surface area (TPSA) is 58.4 Å². The predicted molar refractivity (Wildman–Crippen MR) is 71.8 cm³/mol. The molecule has 19 heavy (non-hydrogen) atoms.